The minimum Gasteiger partial charge on any atom is -0.298 e. The number of aldehydes is 1. The van der Waals surface area contributed by atoms with E-state index in [0.717, 1.165) is 21.9 Å². The molecule has 0 atom stereocenters. The molecule has 0 N–H and O–H groups in total. The van der Waals surface area contributed by atoms with Gasteiger partial charge in [0.1, 0.15) is 5.69 Å². The first kappa shape index (κ1) is 13.7. The molecule has 0 radical (unpaired) electrons. The zero-order valence-corrected chi connectivity index (χ0v) is 12.7. The molecular formula is C16H12BrN3O. The van der Waals surface area contributed by atoms with Crippen molar-refractivity contribution in [1.82, 2.24) is 14.8 Å². The molecular weight excluding hydrogens is 330 g/mol. The van der Waals surface area contributed by atoms with Crippen LogP contribution < -0.4 is 0 Å². The molecule has 3 aromatic rings. The van der Waals surface area contributed by atoms with E-state index >= 15 is 0 Å². The molecule has 4 nitrogen and oxygen atoms in total. The molecule has 2 heterocycles. The molecule has 5 heteroatoms. The molecule has 21 heavy (non-hydrogen) atoms. The van der Waals surface area contributed by atoms with Crippen LogP contribution >= 0.6 is 15.9 Å². The maximum absolute atomic E-state index is 11.2. The van der Waals surface area contributed by atoms with Crippen LogP contribution in [0.3, 0.4) is 0 Å². The van der Waals surface area contributed by atoms with E-state index in [1.54, 1.807) is 23.3 Å². The van der Waals surface area contributed by atoms with Gasteiger partial charge in [-0.3, -0.25) is 14.5 Å². The Morgan fingerprint density at radius 3 is 2.86 bits per heavy atom. The van der Waals surface area contributed by atoms with Crippen LogP contribution in [0.4, 0.5) is 0 Å². The van der Waals surface area contributed by atoms with Gasteiger partial charge in [0, 0.05) is 28.6 Å². The van der Waals surface area contributed by atoms with Gasteiger partial charge in [0.15, 0.2) is 6.29 Å². The van der Waals surface area contributed by atoms with Gasteiger partial charge in [0.25, 0.3) is 0 Å². The maximum Gasteiger partial charge on any atom is 0.153 e. The van der Waals surface area contributed by atoms with Gasteiger partial charge >= 0.3 is 0 Å². The van der Waals surface area contributed by atoms with Crippen molar-refractivity contribution < 1.29 is 4.79 Å². The quantitative estimate of drug-likeness (QED) is 0.681. The molecule has 0 saturated carbocycles. The second kappa shape index (κ2) is 6.01. The van der Waals surface area contributed by atoms with Gasteiger partial charge in [-0.1, -0.05) is 28.1 Å². The van der Waals surface area contributed by atoms with E-state index in [9.17, 15) is 4.79 Å². The van der Waals surface area contributed by atoms with Gasteiger partial charge in [-0.05, 0) is 29.8 Å². The van der Waals surface area contributed by atoms with Crippen LogP contribution in [0.5, 0.6) is 0 Å². The number of hydrogen-bond donors (Lipinski definition) is 0. The highest BCUT2D eigenvalue weighted by Gasteiger charge is 2.11. The van der Waals surface area contributed by atoms with Crippen molar-refractivity contribution in [2.75, 3.05) is 0 Å². The summed E-state index contributed by atoms with van der Waals surface area (Å²) in [6, 6.07) is 11.7. The van der Waals surface area contributed by atoms with Crippen molar-refractivity contribution in [2.24, 2.45) is 0 Å². The predicted molar refractivity (Wildman–Crippen MR) is 84.1 cm³/mol. The summed E-state index contributed by atoms with van der Waals surface area (Å²) >= 11 is 3.45. The van der Waals surface area contributed by atoms with E-state index in [4.69, 9.17) is 0 Å². The van der Waals surface area contributed by atoms with Crippen LogP contribution in [-0.4, -0.2) is 21.1 Å². The Bertz CT molecular complexity index is 768. The third-order valence-corrected chi connectivity index (χ3v) is 3.58. The number of aromatic nitrogens is 3. The van der Waals surface area contributed by atoms with Gasteiger partial charge in [0.2, 0.25) is 0 Å². The molecule has 0 aliphatic carbocycles. The molecule has 2 aromatic heterocycles. The Morgan fingerprint density at radius 1 is 1.24 bits per heavy atom. The smallest absolute Gasteiger partial charge is 0.153 e. The van der Waals surface area contributed by atoms with Crippen molar-refractivity contribution in [2.45, 2.75) is 6.54 Å². The standard InChI is InChI=1S/C16H12BrN3O/c17-15-5-1-3-12(7-15)9-20-10-14(11-21)16(19-20)13-4-2-6-18-8-13/h1-8,10-11H,9H2. The minimum absolute atomic E-state index is 0.568. The minimum atomic E-state index is 0.568. The van der Waals surface area contributed by atoms with Crippen LogP contribution in [0.1, 0.15) is 15.9 Å². The second-order valence-electron chi connectivity index (χ2n) is 4.62. The van der Waals surface area contributed by atoms with Crippen molar-refractivity contribution in [3.05, 3.63) is 70.6 Å². The summed E-state index contributed by atoms with van der Waals surface area (Å²) in [6.07, 6.45) is 5.99. The average molecular weight is 342 g/mol. The van der Waals surface area contributed by atoms with E-state index in [2.05, 4.69) is 26.0 Å². The molecule has 104 valence electrons. The van der Waals surface area contributed by atoms with Gasteiger partial charge in [-0.15, -0.1) is 0 Å². The highest BCUT2D eigenvalue weighted by Crippen LogP contribution is 2.20. The van der Waals surface area contributed by atoms with E-state index in [1.807, 2.05) is 36.4 Å². The van der Waals surface area contributed by atoms with Gasteiger partial charge in [0.05, 0.1) is 12.1 Å². The van der Waals surface area contributed by atoms with Gasteiger partial charge in [-0.2, -0.15) is 5.10 Å². The highest BCUT2D eigenvalue weighted by atomic mass is 79.9. The monoisotopic (exact) mass is 341 g/mol. The van der Waals surface area contributed by atoms with Crippen molar-refractivity contribution in [1.29, 1.82) is 0 Å². The van der Waals surface area contributed by atoms with Crippen LogP contribution in [0.25, 0.3) is 11.3 Å². The first-order chi connectivity index (χ1) is 10.3. The summed E-state index contributed by atoms with van der Waals surface area (Å²) in [4.78, 5) is 15.3. The molecule has 0 aliphatic heterocycles. The third kappa shape index (κ3) is 3.08. The lowest BCUT2D eigenvalue weighted by Crippen LogP contribution is -2.00. The molecule has 0 spiro atoms. The average Bonchev–Trinajstić information content (AvgIpc) is 2.91. The molecule has 0 amide bonds. The van der Waals surface area contributed by atoms with Crippen molar-refractivity contribution >= 4 is 22.2 Å². The summed E-state index contributed by atoms with van der Waals surface area (Å²) in [5.74, 6) is 0. The van der Waals surface area contributed by atoms with Crippen LogP contribution in [0.15, 0.2) is 59.5 Å². The summed E-state index contributed by atoms with van der Waals surface area (Å²) in [5, 5.41) is 4.51. The highest BCUT2D eigenvalue weighted by molar-refractivity contribution is 9.10. The number of halogens is 1. The summed E-state index contributed by atoms with van der Waals surface area (Å²) < 4.78 is 2.80. The fraction of sp³-hybridized carbons (Fsp3) is 0.0625. The summed E-state index contributed by atoms with van der Waals surface area (Å²) in [7, 11) is 0. The number of nitrogens with zero attached hydrogens (tertiary/aromatic N) is 3. The Kier molecular flexibility index (Phi) is 3.92. The zero-order chi connectivity index (χ0) is 14.7. The second-order valence-corrected chi connectivity index (χ2v) is 5.54. The number of carbonyl (C=O) groups excluding carboxylic acids is 1. The topological polar surface area (TPSA) is 47.8 Å². The lowest BCUT2D eigenvalue weighted by Gasteiger charge is -2.02. The Labute approximate surface area is 130 Å². The summed E-state index contributed by atoms with van der Waals surface area (Å²) in [5.41, 5.74) is 3.18. The van der Waals surface area contributed by atoms with Gasteiger partial charge < -0.3 is 0 Å². The van der Waals surface area contributed by atoms with E-state index in [0.29, 0.717) is 17.8 Å². The first-order valence-electron chi connectivity index (χ1n) is 6.44. The third-order valence-electron chi connectivity index (χ3n) is 3.09. The van der Waals surface area contributed by atoms with Crippen LogP contribution in [0.2, 0.25) is 0 Å². The number of hydrogen-bond acceptors (Lipinski definition) is 3. The fourth-order valence-electron chi connectivity index (χ4n) is 2.15. The largest absolute Gasteiger partial charge is 0.298 e. The molecule has 3 rings (SSSR count). The molecule has 0 aliphatic rings. The van der Waals surface area contributed by atoms with Crippen LogP contribution in [0, 0.1) is 0 Å². The number of carbonyl (C=O) groups is 1. The van der Waals surface area contributed by atoms with E-state index < -0.39 is 0 Å². The lowest BCUT2D eigenvalue weighted by molar-refractivity contribution is 0.112. The summed E-state index contributed by atoms with van der Waals surface area (Å²) in [6.45, 7) is 0.612. The fourth-order valence-corrected chi connectivity index (χ4v) is 2.60. The maximum atomic E-state index is 11.2. The van der Waals surface area contributed by atoms with Crippen molar-refractivity contribution in [3.8, 4) is 11.3 Å². The van der Waals surface area contributed by atoms with E-state index in [-0.39, 0.29) is 0 Å². The number of pyridine rings is 1. The SMILES string of the molecule is O=Cc1cn(Cc2cccc(Br)c2)nc1-c1cccnc1. The number of benzene rings is 1. The number of rotatable bonds is 4. The molecule has 0 bridgehead atoms. The molecule has 0 saturated heterocycles. The Balaban J connectivity index is 1.95. The zero-order valence-electron chi connectivity index (χ0n) is 11.1. The van der Waals surface area contributed by atoms with Gasteiger partial charge in [-0.25, -0.2) is 0 Å². The first-order valence-corrected chi connectivity index (χ1v) is 7.23. The van der Waals surface area contributed by atoms with E-state index in [1.165, 1.54) is 0 Å². The van der Waals surface area contributed by atoms with Crippen molar-refractivity contribution in [3.63, 3.8) is 0 Å². The lowest BCUT2D eigenvalue weighted by atomic mass is 10.1. The normalized spacial score (nSPS) is 10.5. The Morgan fingerprint density at radius 2 is 2.14 bits per heavy atom. The Hall–Kier alpha value is -2.27. The van der Waals surface area contributed by atoms with Crippen LogP contribution in [-0.2, 0) is 6.54 Å². The molecule has 1 aromatic carbocycles. The molecule has 0 unspecified atom stereocenters. The predicted octanol–water partition coefficient (Wildman–Crippen LogP) is 3.57. The molecule has 0 fully saturated rings.